The van der Waals surface area contributed by atoms with Crippen molar-refractivity contribution in [2.75, 3.05) is 25.4 Å². The summed E-state index contributed by atoms with van der Waals surface area (Å²) in [5.74, 6) is 1.50. The van der Waals surface area contributed by atoms with Gasteiger partial charge in [-0.25, -0.2) is 14.2 Å². The van der Waals surface area contributed by atoms with Gasteiger partial charge in [-0.1, -0.05) is 23.8 Å². The molecule has 0 aromatic heterocycles. The number of allylic oxidation sites excluding steroid dienone is 1. The van der Waals surface area contributed by atoms with Gasteiger partial charge in [0, 0.05) is 24.4 Å². The molecule has 1 unspecified atom stereocenters. The van der Waals surface area contributed by atoms with E-state index in [-0.39, 0.29) is 25.0 Å². The number of hydrogen-bond acceptors (Lipinski definition) is 8. The maximum Gasteiger partial charge on any atom is 0.410 e. The summed E-state index contributed by atoms with van der Waals surface area (Å²) in [5.41, 5.74) is 4.37. The minimum atomic E-state index is -1.04. The van der Waals surface area contributed by atoms with E-state index in [1.807, 2.05) is 0 Å². The molecule has 0 aliphatic carbocycles. The van der Waals surface area contributed by atoms with Gasteiger partial charge < -0.3 is 20.1 Å². The number of carbonyl (C=O) groups is 1. The number of amides is 1. The molecule has 0 aromatic rings. The molecule has 1 fully saturated rings. The SMILES string of the molecule is C#CCOC(=C/N=C)/N=C\[C@@H](/C(F)=C\C)C12CN(C(=O)OC(C)(C)C)C[C@H]1CSC(N)=N2. The number of aliphatic imine (C=N–C) groups is 3. The van der Waals surface area contributed by atoms with Gasteiger partial charge in [-0.2, -0.15) is 0 Å². The lowest BCUT2D eigenvalue weighted by molar-refractivity contribution is 0.0280. The summed E-state index contributed by atoms with van der Waals surface area (Å²) in [7, 11) is 0. The molecule has 0 saturated carbocycles. The Morgan fingerprint density at radius 3 is 2.91 bits per heavy atom. The number of nitrogens with zero attached hydrogens (tertiary/aromatic N) is 4. The van der Waals surface area contributed by atoms with Crippen LogP contribution in [0.15, 0.2) is 39.0 Å². The van der Waals surface area contributed by atoms with Crippen LogP contribution in [0.2, 0.25) is 0 Å². The minimum absolute atomic E-state index is 0.0304. The predicted molar refractivity (Wildman–Crippen MR) is 127 cm³/mol. The summed E-state index contributed by atoms with van der Waals surface area (Å²) in [6.45, 7) is 10.8. The Kier molecular flexibility index (Phi) is 8.50. The maximum atomic E-state index is 15.2. The van der Waals surface area contributed by atoms with E-state index in [9.17, 15) is 4.79 Å². The molecule has 1 saturated heterocycles. The molecule has 2 heterocycles. The lowest BCUT2D eigenvalue weighted by Gasteiger charge is -2.38. The standard InChI is InChI=1S/C22H30FN5O3S/c1-7-9-30-18(11-25-6)26-10-16(17(23)8-2)22-14-28(20(29)31-21(3,4)5)12-15(22)13-32-19(24)27-22/h1,8,10-11,15-16H,6,9,12-14H2,2-5H3,(H2,24,27)/b17-8+,18-11+,26-10-/t15-,16-,22?/m0/s1. The van der Waals surface area contributed by atoms with Crippen molar-refractivity contribution in [3.05, 3.63) is 24.0 Å². The van der Waals surface area contributed by atoms with Crippen LogP contribution >= 0.6 is 11.8 Å². The molecule has 2 aliphatic heterocycles. The summed E-state index contributed by atoms with van der Waals surface area (Å²) in [6.07, 6.45) is 8.79. The number of nitrogens with two attached hydrogens (primary N) is 1. The lowest BCUT2D eigenvalue weighted by atomic mass is 9.76. The molecule has 0 aromatic carbocycles. The van der Waals surface area contributed by atoms with E-state index in [1.165, 1.54) is 30.3 Å². The molecular weight excluding hydrogens is 433 g/mol. The Morgan fingerprint density at radius 1 is 1.59 bits per heavy atom. The highest BCUT2D eigenvalue weighted by atomic mass is 32.2. The smallest absolute Gasteiger partial charge is 0.410 e. The van der Waals surface area contributed by atoms with Gasteiger partial charge in [-0.05, 0) is 34.4 Å². The number of thioether (sulfide) groups is 1. The zero-order valence-corrected chi connectivity index (χ0v) is 19.7. The number of terminal acetylenes is 1. The number of fused-ring (bicyclic) bond motifs is 1. The number of amidine groups is 1. The highest BCUT2D eigenvalue weighted by molar-refractivity contribution is 8.13. The van der Waals surface area contributed by atoms with Crippen LogP contribution in [-0.4, -0.2) is 65.7 Å². The van der Waals surface area contributed by atoms with Crippen LogP contribution in [0, 0.1) is 24.2 Å². The molecule has 2 rings (SSSR count). The van der Waals surface area contributed by atoms with Crippen molar-refractivity contribution in [1.29, 1.82) is 0 Å². The normalized spacial score (nSPS) is 25.1. The van der Waals surface area contributed by atoms with Crippen molar-refractivity contribution in [1.82, 2.24) is 4.90 Å². The Balaban J connectivity index is 2.46. The highest BCUT2D eigenvalue weighted by Crippen LogP contribution is 2.45. The van der Waals surface area contributed by atoms with Crippen LogP contribution < -0.4 is 5.73 Å². The summed E-state index contributed by atoms with van der Waals surface area (Å²) in [5, 5.41) is 0.335. The average Bonchev–Trinajstić information content (AvgIpc) is 3.10. The number of carbonyl (C=O) groups excluding carboxylic acids is 1. The van der Waals surface area contributed by atoms with Crippen molar-refractivity contribution < 1.29 is 18.7 Å². The molecule has 2 aliphatic rings. The molecule has 8 nitrogen and oxygen atoms in total. The average molecular weight is 464 g/mol. The van der Waals surface area contributed by atoms with Crippen molar-refractivity contribution in [3.8, 4) is 12.3 Å². The van der Waals surface area contributed by atoms with E-state index >= 15 is 4.39 Å². The zero-order chi connectivity index (χ0) is 23.9. The maximum absolute atomic E-state index is 15.2. The van der Waals surface area contributed by atoms with Crippen LogP contribution in [-0.2, 0) is 9.47 Å². The highest BCUT2D eigenvalue weighted by Gasteiger charge is 2.56. The molecule has 1 amide bonds. The second-order valence-corrected chi connectivity index (χ2v) is 9.42. The fourth-order valence-corrected chi connectivity index (χ4v) is 4.63. The molecule has 0 spiro atoms. The van der Waals surface area contributed by atoms with Crippen LogP contribution in [0.3, 0.4) is 0 Å². The summed E-state index contributed by atoms with van der Waals surface area (Å²) in [4.78, 5) is 26.9. The third kappa shape index (κ3) is 6.13. The topological polar surface area (TPSA) is 102 Å². The van der Waals surface area contributed by atoms with E-state index in [0.717, 1.165) is 0 Å². The third-order valence-corrected chi connectivity index (χ3v) is 5.92. The van der Waals surface area contributed by atoms with Crippen LogP contribution in [0.5, 0.6) is 0 Å². The minimum Gasteiger partial charge on any atom is -0.463 e. The Bertz CT molecular complexity index is 887. The summed E-state index contributed by atoms with van der Waals surface area (Å²) in [6, 6.07) is 0. The number of ether oxygens (including phenoxy) is 2. The lowest BCUT2D eigenvalue weighted by Crippen LogP contribution is -2.50. The van der Waals surface area contributed by atoms with Gasteiger partial charge in [-0.3, -0.25) is 9.98 Å². The Hall–Kier alpha value is -2.80. The first-order chi connectivity index (χ1) is 15.1. The number of likely N-dealkylation sites (tertiary alicyclic amines) is 1. The van der Waals surface area contributed by atoms with E-state index in [1.54, 1.807) is 32.6 Å². The largest absolute Gasteiger partial charge is 0.463 e. The van der Waals surface area contributed by atoms with E-state index < -0.39 is 29.0 Å². The first kappa shape index (κ1) is 25.5. The summed E-state index contributed by atoms with van der Waals surface area (Å²) >= 11 is 1.38. The second kappa shape index (κ2) is 10.7. The fraction of sp³-hybridized carbons (Fsp3) is 0.545. The number of rotatable bonds is 7. The van der Waals surface area contributed by atoms with Crippen LogP contribution in [0.25, 0.3) is 0 Å². The van der Waals surface area contributed by atoms with Gasteiger partial charge in [0.2, 0.25) is 5.88 Å². The van der Waals surface area contributed by atoms with Crippen molar-refractivity contribution in [2.45, 2.75) is 38.8 Å². The molecule has 174 valence electrons. The Labute approximate surface area is 192 Å². The van der Waals surface area contributed by atoms with E-state index in [0.29, 0.717) is 17.5 Å². The third-order valence-electron chi connectivity index (χ3n) is 4.96. The quantitative estimate of drug-likeness (QED) is 0.354. The second-order valence-electron chi connectivity index (χ2n) is 8.38. The molecular formula is C22H30FN5O3S. The predicted octanol–water partition coefficient (Wildman–Crippen LogP) is 3.36. The van der Waals surface area contributed by atoms with Crippen LogP contribution in [0.4, 0.5) is 9.18 Å². The van der Waals surface area contributed by atoms with Crippen molar-refractivity contribution >= 4 is 36.0 Å². The van der Waals surface area contributed by atoms with Gasteiger partial charge in [0.05, 0.1) is 18.7 Å². The van der Waals surface area contributed by atoms with E-state index in [2.05, 4.69) is 27.6 Å². The van der Waals surface area contributed by atoms with Crippen molar-refractivity contribution in [2.24, 2.45) is 32.5 Å². The molecule has 3 atom stereocenters. The molecule has 2 N–H and O–H groups in total. The van der Waals surface area contributed by atoms with Gasteiger partial charge in [-0.15, -0.1) is 6.42 Å². The van der Waals surface area contributed by atoms with Gasteiger partial charge >= 0.3 is 6.09 Å². The first-order valence-electron chi connectivity index (χ1n) is 10.1. The van der Waals surface area contributed by atoms with Crippen molar-refractivity contribution in [3.63, 3.8) is 0 Å². The van der Waals surface area contributed by atoms with Gasteiger partial charge in [0.1, 0.15) is 17.0 Å². The monoisotopic (exact) mass is 463 g/mol. The summed E-state index contributed by atoms with van der Waals surface area (Å²) < 4.78 is 26.1. The first-order valence-corrected chi connectivity index (χ1v) is 11.1. The van der Waals surface area contributed by atoms with Crippen LogP contribution in [0.1, 0.15) is 27.7 Å². The molecule has 32 heavy (non-hydrogen) atoms. The number of hydrogen-bond donors (Lipinski definition) is 1. The Morgan fingerprint density at radius 2 is 2.31 bits per heavy atom. The molecule has 0 bridgehead atoms. The fourth-order valence-electron chi connectivity index (χ4n) is 3.63. The van der Waals surface area contributed by atoms with Gasteiger partial charge in [0.25, 0.3) is 0 Å². The molecule has 0 radical (unpaired) electrons. The molecule has 10 heteroatoms. The number of halogens is 1. The zero-order valence-electron chi connectivity index (χ0n) is 18.9. The van der Waals surface area contributed by atoms with E-state index in [4.69, 9.17) is 21.6 Å². The van der Waals surface area contributed by atoms with Gasteiger partial charge in [0.15, 0.2) is 11.8 Å².